The van der Waals surface area contributed by atoms with Gasteiger partial charge in [-0.15, -0.1) is 5.10 Å². The molecule has 0 spiro atoms. The Morgan fingerprint density at radius 2 is 2.05 bits per heavy atom. The van der Waals surface area contributed by atoms with E-state index in [-0.39, 0.29) is 5.75 Å². The van der Waals surface area contributed by atoms with Crippen molar-refractivity contribution in [3.8, 4) is 17.0 Å². The molecule has 7 heteroatoms. The minimum Gasteiger partial charge on any atom is -0.434 e. The first-order valence-electron chi connectivity index (χ1n) is 5.71. The van der Waals surface area contributed by atoms with E-state index in [0.29, 0.717) is 24.2 Å². The highest BCUT2D eigenvalue weighted by Gasteiger charge is 2.13. The van der Waals surface area contributed by atoms with Crippen LogP contribution in [0.15, 0.2) is 30.5 Å². The van der Waals surface area contributed by atoms with Crippen LogP contribution in [-0.2, 0) is 6.54 Å². The fourth-order valence-electron chi connectivity index (χ4n) is 1.63. The maximum atomic E-state index is 12.3. The lowest BCUT2D eigenvalue weighted by atomic mass is 10.1. The molecule has 0 amide bonds. The molecule has 2 aromatic rings. The van der Waals surface area contributed by atoms with E-state index in [0.717, 1.165) is 0 Å². The molecule has 4 nitrogen and oxygen atoms in total. The molecule has 0 aliphatic rings. The van der Waals surface area contributed by atoms with Crippen molar-refractivity contribution in [2.24, 2.45) is 0 Å². The number of aryl methyl sites for hydroxylation is 1. The van der Waals surface area contributed by atoms with Gasteiger partial charge in [-0.1, -0.05) is 17.3 Å². The molecule has 0 aliphatic heterocycles. The van der Waals surface area contributed by atoms with Crippen molar-refractivity contribution >= 4 is 0 Å². The van der Waals surface area contributed by atoms with Gasteiger partial charge in [0.25, 0.3) is 0 Å². The van der Waals surface area contributed by atoms with Crippen LogP contribution in [0.4, 0.5) is 13.2 Å². The molecule has 0 N–H and O–H groups in total. The SMILES string of the molecule is FCCCn1cc(-c2ccccc2OC(F)F)nn1. The van der Waals surface area contributed by atoms with Crippen LogP contribution < -0.4 is 4.74 Å². The number of aromatic nitrogens is 3. The molecule has 0 fully saturated rings. The van der Waals surface area contributed by atoms with Gasteiger partial charge in [0.2, 0.25) is 0 Å². The molecule has 1 aromatic carbocycles. The van der Waals surface area contributed by atoms with Gasteiger partial charge in [-0.25, -0.2) is 0 Å². The molecule has 0 atom stereocenters. The summed E-state index contributed by atoms with van der Waals surface area (Å²) < 4.78 is 42.5. The Bertz CT molecular complexity index is 530. The van der Waals surface area contributed by atoms with Gasteiger partial charge < -0.3 is 4.74 Å². The smallest absolute Gasteiger partial charge is 0.387 e. The number of rotatable bonds is 6. The Balaban J connectivity index is 2.23. The molecule has 2 rings (SSSR count). The second-order valence-corrected chi connectivity index (χ2v) is 3.78. The minimum absolute atomic E-state index is 0.0371. The van der Waals surface area contributed by atoms with Gasteiger partial charge >= 0.3 is 6.61 Å². The maximum Gasteiger partial charge on any atom is 0.387 e. The monoisotopic (exact) mass is 271 g/mol. The molecule has 1 heterocycles. The Labute approximate surface area is 107 Å². The molecule has 0 aliphatic carbocycles. The number of hydrogen-bond donors (Lipinski definition) is 0. The average Bonchev–Trinajstić information content (AvgIpc) is 2.85. The molecule has 19 heavy (non-hydrogen) atoms. The number of nitrogens with zero attached hydrogens (tertiary/aromatic N) is 3. The molecule has 0 bridgehead atoms. The van der Waals surface area contributed by atoms with E-state index in [1.165, 1.54) is 10.7 Å². The first-order valence-corrected chi connectivity index (χ1v) is 5.71. The Hall–Kier alpha value is -2.05. The van der Waals surface area contributed by atoms with Crippen LogP contribution in [0.1, 0.15) is 6.42 Å². The van der Waals surface area contributed by atoms with Crippen LogP contribution in [0, 0.1) is 0 Å². The molecular weight excluding hydrogens is 259 g/mol. The highest BCUT2D eigenvalue weighted by molar-refractivity contribution is 5.66. The molecule has 1 aromatic heterocycles. The summed E-state index contributed by atoms with van der Waals surface area (Å²) in [6.45, 7) is -2.95. The van der Waals surface area contributed by atoms with Crippen LogP contribution in [-0.4, -0.2) is 28.3 Å². The first kappa shape index (κ1) is 13.4. The van der Waals surface area contributed by atoms with Gasteiger partial charge in [0, 0.05) is 12.1 Å². The lowest BCUT2D eigenvalue weighted by Crippen LogP contribution is -2.03. The molecule has 0 saturated heterocycles. The molecule has 0 unspecified atom stereocenters. The summed E-state index contributed by atoms with van der Waals surface area (Å²) in [5, 5.41) is 7.68. The third-order valence-electron chi connectivity index (χ3n) is 2.44. The zero-order chi connectivity index (χ0) is 13.7. The van der Waals surface area contributed by atoms with Gasteiger partial charge in [-0.3, -0.25) is 9.07 Å². The highest BCUT2D eigenvalue weighted by Crippen LogP contribution is 2.29. The van der Waals surface area contributed by atoms with E-state index in [4.69, 9.17) is 0 Å². The zero-order valence-corrected chi connectivity index (χ0v) is 9.97. The summed E-state index contributed by atoms with van der Waals surface area (Å²) in [6, 6.07) is 6.33. The van der Waals surface area contributed by atoms with Gasteiger partial charge in [0.05, 0.1) is 12.9 Å². The third kappa shape index (κ3) is 3.46. The lowest BCUT2D eigenvalue weighted by Gasteiger charge is -2.07. The predicted octanol–water partition coefficient (Wildman–Crippen LogP) is 2.91. The fourth-order valence-corrected chi connectivity index (χ4v) is 1.63. The zero-order valence-electron chi connectivity index (χ0n) is 9.97. The second-order valence-electron chi connectivity index (χ2n) is 3.78. The number of para-hydroxylation sites is 1. The van der Waals surface area contributed by atoms with Gasteiger partial charge in [-0.05, 0) is 18.6 Å². The van der Waals surface area contributed by atoms with E-state index in [1.807, 2.05) is 0 Å². The Kier molecular flexibility index (Phi) is 4.38. The number of alkyl halides is 3. The first-order chi connectivity index (χ1) is 9.20. The number of ether oxygens (including phenoxy) is 1. The van der Waals surface area contributed by atoms with Crippen LogP contribution in [0.3, 0.4) is 0 Å². The quantitative estimate of drug-likeness (QED) is 0.811. The Morgan fingerprint density at radius 3 is 2.79 bits per heavy atom. The van der Waals surface area contributed by atoms with Gasteiger partial charge in [-0.2, -0.15) is 8.78 Å². The topological polar surface area (TPSA) is 39.9 Å². The van der Waals surface area contributed by atoms with Crippen LogP contribution in [0.2, 0.25) is 0 Å². The van der Waals surface area contributed by atoms with Crippen molar-refractivity contribution in [1.82, 2.24) is 15.0 Å². The van der Waals surface area contributed by atoms with Gasteiger partial charge in [0.15, 0.2) is 0 Å². The lowest BCUT2D eigenvalue weighted by molar-refractivity contribution is -0.0494. The Morgan fingerprint density at radius 1 is 1.26 bits per heavy atom. The standard InChI is InChI=1S/C12H12F3N3O/c13-6-3-7-18-8-10(16-17-18)9-4-1-2-5-11(9)19-12(14)15/h1-2,4-5,8,12H,3,6-7H2. The predicted molar refractivity (Wildman–Crippen MR) is 62.7 cm³/mol. The summed E-state index contributed by atoms with van der Waals surface area (Å²) >= 11 is 0. The molecule has 0 saturated carbocycles. The summed E-state index contributed by atoms with van der Waals surface area (Å²) in [4.78, 5) is 0. The number of halogens is 3. The maximum absolute atomic E-state index is 12.3. The summed E-state index contributed by atoms with van der Waals surface area (Å²) in [5.74, 6) is 0.0371. The highest BCUT2D eigenvalue weighted by atomic mass is 19.3. The molecule has 0 radical (unpaired) electrons. The largest absolute Gasteiger partial charge is 0.434 e. The normalized spacial score (nSPS) is 10.9. The fraction of sp³-hybridized carbons (Fsp3) is 0.333. The average molecular weight is 271 g/mol. The van der Waals surface area contributed by atoms with Crippen molar-refractivity contribution in [3.63, 3.8) is 0 Å². The number of benzene rings is 1. The summed E-state index contributed by atoms with van der Waals surface area (Å²) in [6.07, 6.45) is 1.90. The van der Waals surface area contributed by atoms with Crippen molar-refractivity contribution in [3.05, 3.63) is 30.5 Å². The number of hydrogen-bond acceptors (Lipinski definition) is 3. The van der Waals surface area contributed by atoms with Crippen molar-refractivity contribution in [2.45, 2.75) is 19.6 Å². The van der Waals surface area contributed by atoms with Crippen LogP contribution in [0.5, 0.6) is 5.75 Å². The summed E-state index contributed by atoms with van der Waals surface area (Å²) in [7, 11) is 0. The molecular formula is C12H12F3N3O. The van der Waals surface area contributed by atoms with Crippen molar-refractivity contribution in [1.29, 1.82) is 0 Å². The van der Waals surface area contributed by atoms with Gasteiger partial charge in [0.1, 0.15) is 11.4 Å². The van der Waals surface area contributed by atoms with Crippen molar-refractivity contribution < 1.29 is 17.9 Å². The van der Waals surface area contributed by atoms with E-state index in [2.05, 4.69) is 15.0 Å². The van der Waals surface area contributed by atoms with Crippen molar-refractivity contribution in [2.75, 3.05) is 6.67 Å². The summed E-state index contributed by atoms with van der Waals surface area (Å²) in [5.41, 5.74) is 0.837. The van der Waals surface area contributed by atoms with E-state index >= 15 is 0 Å². The molecule has 102 valence electrons. The van der Waals surface area contributed by atoms with E-state index in [1.54, 1.807) is 24.4 Å². The van der Waals surface area contributed by atoms with E-state index in [9.17, 15) is 13.2 Å². The van der Waals surface area contributed by atoms with Crippen LogP contribution in [0.25, 0.3) is 11.3 Å². The van der Waals surface area contributed by atoms with E-state index < -0.39 is 13.3 Å². The second kappa shape index (κ2) is 6.21. The van der Waals surface area contributed by atoms with Crippen LogP contribution >= 0.6 is 0 Å². The minimum atomic E-state index is -2.90. The third-order valence-corrected chi connectivity index (χ3v) is 2.44.